The maximum absolute atomic E-state index is 13.9. The third kappa shape index (κ3) is 3.18. The van der Waals surface area contributed by atoms with Crippen molar-refractivity contribution < 1.29 is 9.50 Å². The molecule has 0 aliphatic heterocycles. The number of halogens is 2. The van der Waals surface area contributed by atoms with Crippen molar-refractivity contribution in [1.29, 1.82) is 5.26 Å². The van der Waals surface area contributed by atoms with Crippen LogP contribution < -0.4 is 5.32 Å². The molecule has 1 atom stereocenters. The van der Waals surface area contributed by atoms with Crippen LogP contribution in [0.25, 0.3) is 0 Å². The molecule has 0 aliphatic carbocycles. The average molecular weight is 301 g/mol. The molecule has 1 unspecified atom stereocenters. The Kier molecular flexibility index (Phi) is 4.91. The predicted molar refractivity (Wildman–Crippen MR) is 68.1 cm³/mol. The molecule has 0 fully saturated rings. The van der Waals surface area contributed by atoms with Crippen molar-refractivity contribution >= 4 is 21.6 Å². The fraction of sp³-hybridized carbons (Fsp3) is 0.417. The van der Waals surface area contributed by atoms with Crippen LogP contribution in [0.5, 0.6) is 0 Å². The lowest BCUT2D eigenvalue weighted by Gasteiger charge is -2.21. The van der Waals surface area contributed by atoms with Gasteiger partial charge in [0.25, 0.3) is 0 Å². The average Bonchev–Trinajstić information content (AvgIpc) is 2.30. The van der Waals surface area contributed by atoms with Gasteiger partial charge in [0.05, 0.1) is 28.4 Å². The number of nitrogens with zero attached hydrogens (tertiary/aromatic N) is 1. The summed E-state index contributed by atoms with van der Waals surface area (Å²) in [5.41, 5.74) is 0.529. The number of anilines is 1. The number of hydrogen-bond acceptors (Lipinski definition) is 3. The third-order valence-corrected chi connectivity index (χ3v) is 3.32. The van der Waals surface area contributed by atoms with E-state index in [-0.39, 0.29) is 34.3 Å². The van der Waals surface area contributed by atoms with Crippen LogP contribution in [0.1, 0.15) is 19.4 Å². The van der Waals surface area contributed by atoms with Crippen molar-refractivity contribution in [2.24, 2.45) is 5.92 Å². The molecule has 0 aliphatic rings. The Morgan fingerprint density at radius 3 is 2.65 bits per heavy atom. The molecule has 0 bridgehead atoms. The third-order valence-electron chi connectivity index (χ3n) is 2.55. The first kappa shape index (κ1) is 13.9. The van der Waals surface area contributed by atoms with Crippen LogP contribution in [0.3, 0.4) is 0 Å². The highest BCUT2D eigenvalue weighted by molar-refractivity contribution is 9.10. The van der Waals surface area contributed by atoms with Gasteiger partial charge in [0.2, 0.25) is 0 Å². The molecule has 17 heavy (non-hydrogen) atoms. The van der Waals surface area contributed by atoms with Crippen LogP contribution in [0.4, 0.5) is 10.1 Å². The number of aliphatic hydroxyl groups excluding tert-OH is 1. The van der Waals surface area contributed by atoms with Gasteiger partial charge in [0, 0.05) is 0 Å². The highest BCUT2D eigenvalue weighted by atomic mass is 79.9. The smallest absolute Gasteiger partial charge is 0.161 e. The molecular formula is C12H14BrFN2O. The van der Waals surface area contributed by atoms with Gasteiger partial charge in [-0.15, -0.1) is 0 Å². The van der Waals surface area contributed by atoms with E-state index in [1.165, 1.54) is 12.1 Å². The lowest BCUT2D eigenvalue weighted by Crippen LogP contribution is -2.29. The Hall–Kier alpha value is -1.12. The molecule has 0 heterocycles. The first-order chi connectivity index (χ1) is 8.01. The van der Waals surface area contributed by atoms with E-state index in [1.807, 2.05) is 19.9 Å². The van der Waals surface area contributed by atoms with Crippen LogP contribution in [-0.2, 0) is 0 Å². The van der Waals surface area contributed by atoms with Crippen molar-refractivity contribution in [3.63, 3.8) is 0 Å². The molecule has 1 aromatic carbocycles. The zero-order valence-corrected chi connectivity index (χ0v) is 11.3. The molecule has 92 valence electrons. The molecule has 0 radical (unpaired) electrons. The van der Waals surface area contributed by atoms with Crippen molar-refractivity contribution in [2.45, 2.75) is 19.9 Å². The molecule has 0 aromatic heterocycles. The van der Waals surface area contributed by atoms with E-state index >= 15 is 0 Å². The van der Waals surface area contributed by atoms with Gasteiger partial charge in [-0.2, -0.15) is 5.26 Å². The Morgan fingerprint density at radius 1 is 1.53 bits per heavy atom. The summed E-state index contributed by atoms with van der Waals surface area (Å²) in [4.78, 5) is 0. The number of nitrogens with one attached hydrogen (secondary N) is 1. The molecule has 2 N–H and O–H groups in total. The van der Waals surface area contributed by atoms with E-state index in [4.69, 9.17) is 10.4 Å². The minimum absolute atomic E-state index is 0.0747. The summed E-state index contributed by atoms with van der Waals surface area (Å²) in [6, 6.07) is 4.71. The predicted octanol–water partition coefficient (Wildman–Crippen LogP) is 2.89. The van der Waals surface area contributed by atoms with Crippen molar-refractivity contribution in [3.05, 3.63) is 28.0 Å². The van der Waals surface area contributed by atoms with Gasteiger partial charge in [-0.05, 0) is 34.0 Å². The lowest BCUT2D eigenvalue weighted by atomic mass is 10.0. The van der Waals surface area contributed by atoms with Gasteiger partial charge in [-0.1, -0.05) is 13.8 Å². The largest absolute Gasteiger partial charge is 0.394 e. The lowest BCUT2D eigenvalue weighted by molar-refractivity contribution is 0.249. The maximum Gasteiger partial charge on any atom is 0.161 e. The van der Waals surface area contributed by atoms with Gasteiger partial charge < -0.3 is 10.4 Å². The Balaban J connectivity index is 3.01. The number of aliphatic hydroxyl groups is 1. The monoisotopic (exact) mass is 300 g/mol. The number of nitriles is 1. The quantitative estimate of drug-likeness (QED) is 0.899. The first-order valence-electron chi connectivity index (χ1n) is 5.26. The first-order valence-corrected chi connectivity index (χ1v) is 6.06. The summed E-state index contributed by atoms with van der Waals surface area (Å²) in [6.07, 6.45) is 0. The van der Waals surface area contributed by atoms with E-state index < -0.39 is 5.82 Å². The summed E-state index contributed by atoms with van der Waals surface area (Å²) in [5, 5.41) is 20.8. The molecular weight excluding hydrogens is 287 g/mol. The fourth-order valence-electron chi connectivity index (χ4n) is 1.37. The zero-order valence-electron chi connectivity index (χ0n) is 9.67. The van der Waals surface area contributed by atoms with Crippen LogP contribution in [0.15, 0.2) is 16.6 Å². The number of rotatable bonds is 4. The zero-order chi connectivity index (χ0) is 13.0. The summed E-state index contributed by atoms with van der Waals surface area (Å²) in [7, 11) is 0. The van der Waals surface area contributed by atoms with Crippen molar-refractivity contribution in [1.82, 2.24) is 0 Å². The van der Waals surface area contributed by atoms with Gasteiger partial charge in [-0.3, -0.25) is 0 Å². The van der Waals surface area contributed by atoms with E-state index in [2.05, 4.69) is 21.2 Å². The molecule has 1 aromatic rings. The van der Waals surface area contributed by atoms with E-state index in [1.54, 1.807) is 0 Å². The van der Waals surface area contributed by atoms with Crippen LogP contribution in [0.2, 0.25) is 0 Å². The maximum atomic E-state index is 13.9. The molecule has 0 amide bonds. The normalized spacial score (nSPS) is 12.3. The van der Waals surface area contributed by atoms with E-state index in [9.17, 15) is 4.39 Å². The second-order valence-corrected chi connectivity index (χ2v) is 4.87. The van der Waals surface area contributed by atoms with E-state index in [0.29, 0.717) is 0 Å². The van der Waals surface area contributed by atoms with Crippen LogP contribution >= 0.6 is 15.9 Å². The molecule has 0 saturated carbocycles. The minimum Gasteiger partial charge on any atom is -0.394 e. The van der Waals surface area contributed by atoms with Crippen LogP contribution in [-0.4, -0.2) is 17.8 Å². The molecule has 0 spiro atoms. The SMILES string of the molecule is CC(C)C(CO)Nc1ccc(C#N)c(Br)c1F. The second-order valence-electron chi connectivity index (χ2n) is 4.08. The minimum atomic E-state index is -0.511. The summed E-state index contributed by atoms with van der Waals surface area (Å²) in [5.74, 6) is -0.336. The second kappa shape index (κ2) is 5.99. The van der Waals surface area contributed by atoms with Gasteiger partial charge in [-0.25, -0.2) is 4.39 Å². The molecule has 3 nitrogen and oxygen atoms in total. The number of hydrogen-bond donors (Lipinski definition) is 2. The summed E-state index contributed by atoms with van der Waals surface area (Å²) < 4.78 is 14.0. The summed E-state index contributed by atoms with van der Waals surface area (Å²) in [6.45, 7) is 3.80. The Morgan fingerprint density at radius 2 is 2.18 bits per heavy atom. The Labute approximate surface area is 108 Å². The van der Waals surface area contributed by atoms with Gasteiger partial charge in [0.1, 0.15) is 6.07 Å². The standard InChI is InChI=1S/C12H14BrFN2O/c1-7(2)10(6-17)16-9-4-3-8(5-15)11(13)12(9)14/h3-4,7,10,16-17H,6H2,1-2H3. The molecule has 1 rings (SSSR count). The Bertz CT molecular complexity index is 443. The number of benzene rings is 1. The van der Waals surface area contributed by atoms with E-state index in [0.717, 1.165) is 0 Å². The van der Waals surface area contributed by atoms with Gasteiger partial charge in [0.15, 0.2) is 5.82 Å². The molecule has 5 heteroatoms. The molecule has 0 saturated heterocycles. The van der Waals surface area contributed by atoms with Gasteiger partial charge >= 0.3 is 0 Å². The topological polar surface area (TPSA) is 56.0 Å². The highest BCUT2D eigenvalue weighted by Crippen LogP contribution is 2.27. The van der Waals surface area contributed by atoms with Crippen molar-refractivity contribution in [2.75, 3.05) is 11.9 Å². The highest BCUT2D eigenvalue weighted by Gasteiger charge is 2.16. The van der Waals surface area contributed by atoms with Crippen molar-refractivity contribution in [3.8, 4) is 6.07 Å². The summed E-state index contributed by atoms with van der Waals surface area (Å²) >= 11 is 3.04. The van der Waals surface area contributed by atoms with Crippen LogP contribution in [0, 0.1) is 23.1 Å². The fourth-order valence-corrected chi connectivity index (χ4v) is 1.80.